The predicted molar refractivity (Wildman–Crippen MR) is 93.0 cm³/mol. The summed E-state index contributed by atoms with van der Waals surface area (Å²) in [6.07, 6.45) is 2.02. The first-order valence-electron chi connectivity index (χ1n) is 6.82. The lowest BCUT2D eigenvalue weighted by molar-refractivity contribution is 0.979. The Bertz CT molecular complexity index is 989. The molecule has 0 radical (unpaired) electrons. The number of fused-ring (bicyclic) bond motifs is 1. The van der Waals surface area contributed by atoms with Crippen molar-refractivity contribution in [1.82, 2.24) is 14.5 Å². The summed E-state index contributed by atoms with van der Waals surface area (Å²) >= 11 is 7.03. The van der Waals surface area contributed by atoms with Gasteiger partial charge in [0.05, 0.1) is 4.70 Å². The molecule has 0 spiro atoms. The molecule has 4 aromatic rings. The Morgan fingerprint density at radius 3 is 2.27 bits per heavy atom. The lowest BCUT2D eigenvalue weighted by Gasteiger charge is -2.05. The van der Waals surface area contributed by atoms with Crippen LogP contribution in [0.1, 0.15) is 0 Å². The van der Waals surface area contributed by atoms with Gasteiger partial charge in [0.25, 0.3) is 0 Å². The van der Waals surface area contributed by atoms with Gasteiger partial charge in [-0.2, -0.15) is 4.98 Å². The maximum atomic E-state index is 5.40. The summed E-state index contributed by atoms with van der Waals surface area (Å²) in [5, 5.41) is 0.961. The quantitative estimate of drug-likeness (QED) is 0.493. The fourth-order valence-corrected chi connectivity index (χ4v) is 3.46. The van der Waals surface area contributed by atoms with E-state index in [1.807, 2.05) is 59.3 Å². The van der Waals surface area contributed by atoms with Crippen molar-refractivity contribution in [2.24, 2.45) is 0 Å². The molecule has 2 aromatic heterocycles. The number of rotatable bonds is 2. The number of hydrogen-bond acceptors (Lipinski definition) is 4. The summed E-state index contributed by atoms with van der Waals surface area (Å²) in [6, 6.07) is 20.1. The van der Waals surface area contributed by atoms with Gasteiger partial charge in [0.2, 0.25) is 4.77 Å². The third-order valence-corrected chi connectivity index (χ3v) is 4.66. The second-order valence-electron chi connectivity index (χ2n) is 4.80. The van der Waals surface area contributed by atoms with E-state index < -0.39 is 0 Å². The first-order valence-corrected chi connectivity index (χ1v) is 8.05. The van der Waals surface area contributed by atoms with Crippen molar-refractivity contribution < 1.29 is 0 Å². The molecule has 0 saturated heterocycles. The fourth-order valence-electron chi connectivity index (χ4n) is 2.28. The zero-order valence-electron chi connectivity index (χ0n) is 11.5. The van der Waals surface area contributed by atoms with Crippen molar-refractivity contribution in [2.75, 3.05) is 0 Å². The van der Waals surface area contributed by atoms with Gasteiger partial charge in [-0.15, -0.1) is 11.3 Å². The lowest BCUT2D eigenvalue weighted by atomic mass is 10.2. The second-order valence-corrected chi connectivity index (χ2v) is 6.20. The number of thiazole rings is 1. The number of nitrogens with zero attached hydrogens (tertiary/aromatic N) is 3. The van der Waals surface area contributed by atoms with E-state index >= 15 is 0 Å². The van der Waals surface area contributed by atoms with Crippen LogP contribution < -0.4 is 0 Å². The van der Waals surface area contributed by atoms with E-state index in [4.69, 9.17) is 12.2 Å². The topological polar surface area (TPSA) is 30.7 Å². The van der Waals surface area contributed by atoms with Gasteiger partial charge in [-0.1, -0.05) is 48.5 Å². The normalized spacial score (nSPS) is 10.9. The molecule has 0 atom stereocenters. The molecule has 5 heteroatoms. The van der Waals surface area contributed by atoms with Crippen LogP contribution in [-0.4, -0.2) is 14.5 Å². The molecule has 0 aliphatic carbocycles. The molecule has 0 N–H and O–H groups in total. The van der Waals surface area contributed by atoms with Crippen LogP contribution in [0.5, 0.6) is 0 Å². The standard InChI is InChI=1S/C17H11N3S2/c21-17-19-15-14(11-20(17)13-9-5-2-6-10-13)22-16(18-15)12-7-3-1-4-8-12/h1-11H. The van der Waals surface area contributed by atoms with Crippen LogP contribution in [0.15, 0.2) is 66.9 Å². The predicted octanol–water partition coefficient (Wildman–Crippen LogP) is 4.88. The Morgan fingerprint density at radius 2 is 1.55 bits per heavy atom. The fraction of sp³-hybridized carbons (Fsp3) is 0. The highest BCUT2D eigenvalue weighted by Gasteiger charge is 2.09. The number of hydrogen-bond donors (Lipinski definition) is 0. The average molecular weight is 321 g/mol. The Morgan fingerprint density at radius 1 is 0.864 bits per heavy atom. The number of para-hydroxylation sites is 1. The molecular weight excluding hydrogens is 310 g/mol. The third kappa shape index (κ3) is 2.34. The summed E-state index contributed by atoms with van der Waals surface area (Å²) in [6.45, 7) is 0. The van der Waals surface area contributed by atoms with Crippen molar-refractivity contribution in [1.29, 1.82) is 0 Å². The molecule has 0 saturated carbocycles. The Hall–Kier alpha value is -2.37. The minimum atomic E-state index is 0.517. The molecule has 3 nitrogen and oxygen atoms in total. The van der Waals surface area contributed by atoms with Gasteiger partial charge in [-0.05, 0) is 24.4 Å². The van der Waals surface area contributed by atoms with Crippen molar-refractivity contribution in [3.8, 4) is 16.3 Å². The van der Waals surface area contributed by atoms with Crippen molar-refractivity contribution in [2.45, 2.75) is 0 Å². The van der Waals surface area contributed by atoms with E-state index in [9.17, 15) is 0 Å². The third-order valence-electron chi connectivity index (χ3n) is 3.34. The van der Waals surface area contributed by atoms with E-state index in [-0.39, 0.29) is 0 Å². The highest BCUT2D eigenvalue weighted by Crippen LogP contribution is 2.29. The number of benzene rings is 2. The molecule has 0 aliphatic rings. The summed E-state index contributed by atoms with van der Waals surface area (Å²) in [7, 11) is 0. The molecule has 4 rings (SSSR count). The van der Waals surface area contributed by atoms with E-state index in [0.29, 0.717) is 10.4 Å². The molecule has 22 heavy (non-hydrogen) atoms. The average Bonchev–Trinajstić information content (AvgIpc) is 2.98. The summed E-state index contributed by atoms with van der Waals surface area (Å²) in [4.78, 5) is 9.08. The van der Waals surface area contributed by atoms with E-state index in [0.717, 1.165) is 21.0 Å². The molecule has 106 valence electrons. The van der Waals surface area contributed by atoms with Crippen LogP contribution in [0.4, 0.5) is 0 Å². The van der Waals surface area contributed by atoms with Gasteiger partial charge in [0.15, 0.2) is 5.65 Å². The molecule has 0 bridgehead atoms. The summed E-state index contributed by atoms with van der Waals surface area (Å²) < 4.78 is 3.46. The van der Waals surface area contributed by atoms with Crippen molar-refractivity contribution >= 4 is 33.9 Å². The minimum Gasteiger partial charge on any atom is -0.291 e. The van der Waals surface area contributed by atoms with Gasteiger partial charge in [0.1, 0.15) is 5.01 Å². The molecule has 0 unspecified atom stereocenters. The van der Waals surface area contributed by atoms with Crippen LogP contribution in [0, 0.1) is 4.77 Å². The van der Waals surface area contributed by atoms with Crippen LogP contribution in [0.25, 0.3) is 26.6 Å². The highest BCUT2D eigenvalue weighted by atomic mass is 32.1. The minimum absolute atomic E-state index is 0.517. The molecule has 2 aromatic carbocycles. The van der Waals surface area contributed by atoms with Gasteiger partial charge >= 0.3 is 0 Å². The van der Waals surface area contributed by atoms with Gasteiger partial charge < -0.3 is 0 Å². The summed E-state index contributed by atoms with van der Waals surface area (Å²) in [5.41, 5.74) is 2.82. The van der Waals surface area contributed by atoms with Crippen molar-refractivity contribution in [3.05, 3.63) is 71.6 Å². The molecule has 0 aliphatic heterocycles. The zero-order valence-corrected chi connectivity index (χ0v) is 13.1. The van der Waals surface area contributed by atoms with E-state index in [2.05, 4.69) is 22.1 Å². The SMILES string of the molecule is S=c1nc2nc(-c3ccccc3)sc2cn1-c1ccccc1. The largest absolute Gasteiger partial charge is 0.291 e. The van der Waals surface area contributed by atoms with Gasteiger partial charge in [-0.25, -0.2) is 4.98 Å². The molecule has 2 heterocycles. The van der Waals surface area contributed by atoms with Gasteiger partial charge in [0, 0.05) is 17.4 Å². The van der Waals surface area contributed by atoms with Crippen LogP contribution >= 0.6 is 23.6 Å². The molecular formula is C17H11N3S2. The monoisotopic (exact) mass is 321 g/mol. The summed E-state index contributed by atoms with van der Waals surface area (Å²) in [5.74, 6) is 0. The maximum absolute atomic E-state index is 5.40. The first kappa shape index (κ1) is 13.3. The zero-order chi connectivity index (χ0) is 14.9. The first-order chi connectivity index (χ1) is 10.8. The Balaban J connectivity index is 1.90. The van der Waals surface area contributed by atoms with E-state index in [1.54, 1.807) is 11.3 Å². The Kier molecular flexibility index (Phi) is 3.29. The lowest BCUT2D eigenvalue weighted by Crippen LogP contribution is -1.98. The van der Waals surface area contributed by atoms with Gasteiger partial charge in [-0.3, -0.25) is 4.57 Å². The second kappa shape index (κ2) is 5.44. The smallest absolute Gasteiger partial charge is 0.206 e. The Labute approximate surface area is 136 Å². The molecule has 0 amide bonds. The van der Waals surface area contributed by atoms with Crippen molar-refractivity contribution in [3.63, 3.8) is 0 Å². The highest BCUT2D eigenvalue weighted by molar-refractivity contribution is 7.71. The van der Waals surface area contributed by atoms with Crippen LogP contribution in [0.2, 0.25) is 0 Å². The van der Waals surface area contributed by atoms with E-state index in [1.165, 1.54) is 0 Å². The maximum Gasteiger partial charge on any atom is 0.206 e. The van der Waals surface area contributed by atoms with Crippen LogP contribution in [0.3, 0.4) is 0 Å². The number of aromatic nitrogens is 3. The van der Waals surface area contributed by atoms with Crippen LogP contribution in [-0.2, 0) is 0 Å². The molecule has 0 fully saturated rings.